The van der Waals surface area contributed by atoms with Crippen LogP contribution in [0.4, 0.5) is 0 Å². The molecule has 5 rings (SSSR count). The van der Waals surface area contributed by atoms with E-state index in [4.69, 9.17) is 9.25 Å². The van der Waals surface area contributed by atoms with Crippen molar-refractivity contribution in [2.24, 2.45) is 27.8 Å². The third-order valence-electron chi connectivity index (χ3n) is 9.50. The molecule has 3 saturated carbocycles. The van der Waals surface area contributed by atoms with Gasteiger partial charge in [-0.1, -0.05) is 24.6 Å². The van der Waals surface area contributed by atoms with Crippen LogP contribution in [0, 0.1) is 22.7 Å². The molecule has 5 heteroatoms. The third-order valence-corrected chi connectivity index (χ3v) is 9.50. The van der Waals surface area contributed by atoms with Crippen molar-refractivity contribution in [3.8, 4) is 0 Å². The zero-order valence-electron chi connectivity index (χ0n) is 18.3. The first kappa shape index (κ1) is 20.0. The Kier molecular flexibility index (Phi) is 4.55. The molecule has 6 atom stereocenters. The third kappa shape index (κ3) is 2.63. The molecular formula is C25H33NO4. The van der Waals surface area contributed by atoms with Crippen molar-refractivity contribution >= 4 is 5.71 Å². The number of oxime groups is 1. The minimum absolute atomic E-state index is 0.143. The molecule has 0 saturated heterocycles. The smallest absolute Gasteiger partial charge is 0.335 e. The van der Waals surface area contributed by atoms with Crippen molar-refractivity contribution in [1.29, 1.82) is 0 Å². The Labute approximate surface area is 178 Å². The predicted molar refractivity (Wildman–Crippen MR) is 115 cm³/mol. The number of hydrogen-bond acceptors (Lipinski definition) is 5. The average molecular weight is 412 g/mol. The Bertz CT molecular complexity index is 944. The van der Waals surface area contributed by atoms with Crippen LogP contribution in [-0.2, 0) is 4.84 Å². The summed E-state index contributed by atoms with van der Waals surface area (Å²) in [6, 6.07) is 3.42. The van der Waals surface area contributed by atoms with Crippen LogP contribution in [0.25, 0.3) is 0 Å². The molecule has 1 heterocycles. The van der Waals surface area contributed by atoms with Gasteiger partial charge in [-0.2, -0.15) is 0 Å². The number of nitrogens with zero attached hydrogens (tertiary/aromatic N) is 1. The SMILES string of the molecule is CO/N=C1/C=C2CC[C@@H]3[C@H](CC[C@]4(C)[C@@H](c5ccc(=O)oc5)CC[C@]34O)[C@@]2(C)CC1. The summed E-state index contributed by atoms with van der Waals surface area (Å²) in [5.74, 6) is 1.07. The maximum atomic E-state index is 12.2. The summed E-state index contributed by atoms with van der Waals surface area (Å²) in [6.45, 7) is 4.70. The number of aliphatic hydroxyl groups is 1. The van der Waals surface area contributed by atoms with Gasteiger partial charge in [0.25, 0.3) is 0 Å². The molecule has 0 spiro atoms. The molecule has 162 valence electrons. The Morgan fingerprint density at radius 1 is 1.10 bits per heavy atom. The topological polar surface area (TPSA) is 72.0 Å². The van der Waals surface area contributed by atoms with Gasteiger partial charge >= 0.3 is 5.63 Å². The highest BCUT2D eigenvalue weighted by Gasteiger charge is 2.66. The normalized spacial score (nSPS) is 44.1. The first-order valence-electron chi connectivity index (χ1n) is 11.4. The lowest BCUT2D eigenvalue weighted by Crippen LogP contribution is -2.60. The highest BCUT2D eigenvalue weighted by atomic mass is 16.6. The summed E-state index contributed by atoms with van der Waals surface area (Å²) in [7, 11) is 1.61. The molecule has 1 aromatic heterocycles. The molecule has 4 aliphatic rings. The highest BCUT2D eigenvalue weighted by molar-refractivity contribution is 5.96. The summed E-state index contributed by atoms with van der Waals surface area (Å²) in [4.78, 5) is 16.5. The van der Waals surface area contributed by atoms with E-state index in [1.54, 1.807) is 13.4 Å². The lowest BCUT2D eigenvalue weighted by atomic mass is 9.45. The van der Waals surface area contributed by atoms with Crippen molar-refractivity contribution in [2.75, 3.05) is 7.11 Å². The maximum Gasteiger partial charge on any atom is 0.335 e. The zero-order valence-corrected chi connectivity index (χ0v) is 18.3. The summed E-state index contributed by atoms with van der Waals surface area (Å²) >= 11 is 0. The second-order valence-electron chi connectivity index (χ2n) is 10.5. The second kappa shape index (κ2) is 6.81. The van der Waals surface area contributed by atoms with Crippen LogP contribution in [0.15, 0.2) is 44.4 Å². The van der Waals surface area contributed by atoms with Crippen LogP contribution >= 0.6 is 0 Å². The van der Waals surface area contributed by atoms with E-state index < -0.39 is 5.60 Å². The lowest BCUT2D eigenvalue weighted by Gasteiger charge is -2.61. The molecular weight excluding hydrogens is 378 g/mol. The van der Waals surface area contributed by atoms with Crippen LogP contribution in [0.5, 0.6) is 0 Å². The molecule has 0 radical (unpaired) electrons. The maximum absolute atomic E-state index is 12.2. The number of allylic oxidation sites excluding steroid dienone is 2. The molecule has 0 amide bonds. The van der Waals surface area contributed by atoms with E-state index >= 15 is 0 Å². The van der Waals surface area contributed by atoms with Gasteiger partial charge in [0.15, 0.2) is 0 Å². The van der Waals surface area contributed by atoms with Gasteiger partial charge in [-0.15, -0.1) is 0 Å². The van der Waals surface area contributed by atoms with Crippen LogP contribution < -0.4 is 5.63 Å². The van der Waals surface area contributed by atoms with E-state index in [0.29, 0.717) is 11.8 Å². The monoisotopic (exact) mass is 411 g/mol. The molecule has 1 aromatic rings. The molecule has 5 nitrogen and oxygen atoms in total. The van der Waals surface area contributed by atoms with Gasteiger partial charge < -0.3 is 14.4 Å². The van der Waals surface area contributed by atoms with Gasteiger partial charge in [0.1, 0.15) is 7.11 Å². The highest BCUT2D eigenvalue weighted by Crippen LogP contribution is 2.69. The minimum atomic E-state index is -0.661. The van der Waals surface area contributed by atoms with Crippen molar-refractivity contribution in [2.45, 2.75) is 76.7 Å². The Morgan fingerprint density at radius 3 is 2.67 bits per heavy atom. The Hall–Kier alpha value is -1.88. The first-order chi connectivity index (χ1) is 14.3. The standard InChI is InChI=1S/C25H33NO4/c1-23-11-8-18(26-29-3)14-17(23)5-6-21-20(23)9-12-24(2)19(10-13-25(21,24)28)16-4-7-22(27)30-15-16/h4,7,14-15,19-21,28H,5-6,8-13H2,1-3H3/b26-18+/t19-,20+,21-,23+,24-,25+/m1/s1. The Morgan fingerprint density at radius 2 is 1.93 bits per heavy atom. The first-order valence-corrected chi connectivity index (χ1v) is 11.4. The summed E-state index contributed by atoms with van der Waals surface area (Å²) < 4.78 is 5.19. The molecule has 0 unspecified atom stereocenters. The van der Waals surface area contributed by atoms with Crippen molar-refractivity contribution in [3.05, 3.63) is 46.0 Å². The quantitative estimate of drug-likeness (QED) is 0.709. The number of fused-ring (bicyclic) bond motifs is 5. The summed E-state index contributed by atoms with van der Waals surface area (Å²) in [5, 5.41) is 16.4. The molecule has 3 fully saturated rings. The average Bonchev–Trinajstić information content (AvgIpc) is 3.01. The Balaban J connectivity index is 1.49. The van der Waals surface area contributed by atoms with Crippen molar-refractivity contribution in [3.63, 3.8) is 0 Å². The van der Waals surface area contributed by atoms with E-state index in [9.17, 15) is 9.90 Å². The summed E-state index contributed by atoms with van der Waals surface area (Å²) in [5.41, 5.74) is 2.60. The van der Waals surface area contributed by atoms with Gasteiger partial charge in [-0.05, 0) is 92.2 Å². The van der Waals surface area contributed by atoms with E-state index in [2.05, 4.69) is 25.1 Å². The van der Waals surface area contributed by atoms with Gasteiger partial charge in [0, 0.05) is 11.5 Å². The molecule has 0 aliphatic heterocycles. The van der Waals surface area contributed by atoms with Gasteiger partial charge in [-0.3, -0.25) is 0 Å². The van der Waals surface area contributed by atoms with Gasteiger partial charge in [0.2, 0.25) is 0 Å². The molecule has 30 heavy (non-hydrogen) atoms. The van der Waals surface area contributed by atoms with E-state index in [1.807, 2.05) is 6.07 Å². The van der Waals surface area contributed by atoms with Crippen molar-refractivity contribution in [1.82, 2.24) is 0 Å². The van der Waals surface area contributed by atoms with Gasteiger partial charge in [0.05, 0.1) is 17.6 Å². The summed E-state index contributed by atoms with van der Waals surface area (Å²) in [6.07, 6.45) is 11.9. The van der Waals surface area contributed by atoms with Crippen LogP contribution in [0.2, 0.25) is 0 Å². The molecule has 1 N–H and O–H groups in total. The van der Waals surface area contributed by atoms with E-state index in [-0.39, 0.29) is 22.4 Å². The zero-order chi connectivity index (χ0) is 21.1. The largest absolute Gasteiger partial charge is 0.431 e. The van der Waals surface area contributed by atoms with Crippen molar-refractivity contribution < 1.29 is 14.4 Å². The fourth-order valence-electron chi connectivity index (χ4n) is 7.83. The number of rotatable bonds is 2. The molecule has 0 aromatic carbocycles. The predicted octanol–water partition coefficient (Wildman–Crippen LogP) is 4.80. The van der Waals surface area contributed by atoms with Crippen LogP contribution in [0.3, 0.4) is 0 Å². The van der Waals surface area contributed by atoms with Crippen LogP contribution in [-0.4, -0.2) is 23.5 Å². The minimum Gasteiger partial charge on any atom is -0.431 e. The van der Waals surface area contributed by atoms with E-state index in [1.165, 1.54) is 11.6 Å². The number of hydrogen-bond donors (Lipinski definition) is 1. The van der Waals surface area contributed by atoms with Crippen LogP contribution in [0.1, 0.15) is 76.7 Å². The molecule has 0 bridgehead atoms. The molecule has 4 aliphatic carbocycles. The fourth-order valence-corrected chi connectivity index (χ4v) is 7.83. The van der Waals surface area contributed by atoms with E-state index in [0.717, 1.165) is 62.6 Å². The second-order valence-corrected chi connectivity index (χ2v) is 10.5. The fraction of sp³-hybridized carbons (Fsp3) is 0.680. The van der Waals surface area contributed by atoms with Gasteiger partial charge in [-0.25, -0.2) is 4.79 Å². The lowest BCUT2D eigenvalue weighted by molar-refractivity contribution is -0.176.